The predicted octanol–water partition coefficient (Wildman–Crippen LogP) is -2.72. The fourth-order valence-corrected chi connectivity index (χ4v) is 3.50. The van der Waals surface area contributed by atoms with Crippen LogP contribution in [0.1, 0.15) is 13.3 Å². The average Bonchev–Trinajstić information content (AvgIpc) is 2.49. The highest BCUT2D eigenvalue weighted by Crippen LogP contribution is 2.39. The maximum atomic E-state index is 12.5. The fourth-order valence-electron chi connectivity index (χ4n) is 3.50. The summed E-state index contributed by atoms with van der Waals surface area (Å²) in [6, 6.07) is -1.55. The number of likely N-dealkylation sites (N-methyl/N-ethyl adjacent to an activating group) is 2. The molecule has 9 nitrogen and oxygen atoms in total. The lowest BCUT2D eigenvalue weighted by atomic mass is 9.81. The van der Waals surface area contributed by atoms with Crippen molar-refractivity contribution in [2.24, 2.45) is 0 Å². The largest absolute Gasteiger partial charge is 0.389 e. The van der Waals surface area contributed by atoms with Crippen LogP contribution in [-0.2, 0) is 23.8 Å². The van der Waals surface area contributed by atoms with Crippen LogP contribution in [0.25, 0.3) is 0 Å². The molecule has 4 N–H and O–H groups in total. The molecule has 130 valence electrons. The molecule has 9 heteroatoms. The van der Waals surface area contributed by atoms with Crippen molar-refractivity contribution in [1.82, 2.24) is 10.6 Å². The van der Waals surface area contributed by atoms with Gasteiger partial charge >= 0.3 is 0 Å². The van der Waals surface area contributed by atoms with Crippen molar-refractivity contribution in [1.29, 1.82) is 0 Å². The van der Waals surface area contributed by atoms with Crippen molar-refractivity contribution in [2.45, 2.75) is 61.9 Å². The van der Waals surface area contributed by atoms with Crippen molar-refractivity contribution >= 4 is 11.6 Å². The number of aliphatic hydroxyl groups excluding tert-OH is 1. The monoisotopic (exact) mass is 330 g/mol. The summed E-state index contributed by atoms with van der Waals surface area (Å²) in [4.78, 5) is 24.7. The Bertz CT molecular complexity index is 515. The second-order valence-electron chi connectivity index (χ2n) is 6.22. The van der Waals surface area contributed by atoms with E-state index in [-0.39, 0.29) is 6.42 Å². The van der Waals surface area contributed by atoms with Crippen LogP contribution in [0, 0.1) is 0 Å². The normalized spacial score (nSPS) is 50.4. The van der Waals surface area contributed by atoms with E-state index in [1.165, 1.54) is 0 Å². The lowest BCUT2D eigenvalue weighted by Crippen LogP contribution is -2.76. The Balaban J connectivity index is 1.94. The fraction of sp³-hybridized carbons (Fsp3) is 0.857. The number of hydrogen-bond acceptors (Lipinski definition) is 9. The highest BCUT2D eigenvalue weighted by molar-refractivity contribution is 5.92. The molecule has 2 saturated heterocycles. The molecule has 1 aliphatic carbocycles. The summed E-state index contributed by atoms with van der Waals surface area (Å²) in [6.45, 7) is 1.67. The van der Waals surface area contributed by atoms with E-state index >= 15 is 0 Å². The van der Waals surface area contributed by atoms with Crippen molar-refractivity contribution < 1.29 is 34.0 Å². The molecular weight excluding hydrogens is 308 g/mol. The molecule has 8 atom stereocenters. The number of carbonyl (C=O) groups excluding carboxylic acids is 2. The van der Waals surface area contributed by atoms with E-state index in [0.29, 0.717) is 0 Å². The summed E-state index contributed by atoms with van der Waals surface area (Å²) in [5.41, 5.74) is 0. The molecule has 0 radical (unpaired) electrons. The van der Waals surface area contributed by atoms with Gasteiger partial charge in [0, 0.05) is 6.42 Å². The van der Waals surface area contributed by atoms with E-state index in [4.69, 9.17) is 14.2 Å². The Labute approximate surface area is 133 Å². The second kappa shape index (κ2) is 5.85. The Morgan fingerprint density at radius 2 is 1.91 bits per heavy atom. The molecule has 0 spiro atoms. The van der Waals surface area contributed by atoms with Gasteiger partial charge < -0.3 is 35.1 Å². The Morgan fingerprint density at radius 1 is 1.22 bits per heavy atom. The van der Waals surface area contributed by atoms with E-state index < -0.39 is 60.1 Å². The Morgan fingerprint density at radius 3 is 2.52 bits per heavy atom. The first-order valence-corrected chi connectivity index (χ1v) is 7.64. The zero-order valence-electron chi connectivity index (χ0n) is 13.2. The molecule has 1 saturated carbocycles. The number of fused-ring (bicyclic) bond motifs is 2. The summed E-state index contributed by atoms with van der Waals surface area (Å²) >= 11 is 0. The van der Waals surface area contributed by atoms with Crippen LogP contribution in [0.15, 0.2) is 0 Å². The zero-order chi connectivity index (χ0) is 16.9. The maximum Gasteiger partial charge on any atom is 0.280 e. The van der Waals surface area contributed by atoms with E-state index in [1.807, 2.05) is 0 Å². The lowest BCUT2D eigenvalue weighted by molar-refractivity contribution is -0.403. The van der Waals surface area contributed by atoms with Crippen LogP contribution in [0.4, 0.5) is 0 Å². The van der Waals surface area contributed by atoms with E-state index in [2.05, 4.69) is 10.6 Å². The first kappa shape index (κ1) is 16.9. The SMILES string of the molecule is CN[C@H]1[C@@H](O)[C@@H](NC)C(=O)[C@H]2O[C@@H]3O[C@H](C)CC(=O)[C@]3(O)O[C@H]12. The average molecular weight is 330 g/mol. The van der Waals surface area contributed by atoms with Gasteiger partial charge in [0.25, 0.3) is 5.79 Å². The molecule has 0 bridgehead atoms. The number of aliphatic hydroxyl groups is 2. The van der Waals surface area contributed by atoms with Crippen LogP contribution >= 0.6 is 0 Å². The molecule has 0 aromatic carbocycles. The van der Waals surface area contributed by atoms with Crippen LogP contribution in [0.2, 0.25) is 0 Å². The molecule has 3 rings (SSSR count). The smallest absolute Gasteiger partial charge is 0.280 e. The maximum absolute atomic E-state index is 12.5. The Hall–Kier alpha value is -0.940. The van der Waals surface area contributed by atoms with Gasteiger partial charge in [0.05, 0.1) is 24.3 Å². The minimum Gasteiger partial charge on any atom is -0.389 e. The molecule has 2 aliphatic heterocycles. The summed E-state index contributed by atoms with van der Waals surface area (Å²) < 4.78 is 16.6. The van der Waals surface area contributed by atoms with Gasteiger partial charge in [-0.3, -0.25) is 9.59 Å². The molecule has 0 amide bonds. The van der Waals surface area contributed by atoms with Gasteiger partial charge in [-0.1, -0.05) is 0 Å². The van der Waals surface area contributed by atoms with Crippen LogP contribution in [0.5, 0.6) is 0 Å². The predicted molar refractivity (Wildman–Crippen MR) is 75.4 cm³/mol. The zero-order valence-corrected chi connectivity index (χ0v) is 13.2. The number of nitrogens with one attached hydrogen (secondary N) is 2. The summed E-state index contributed by atoms with van der Waals surface area (Å²) in [6.07, 6.45) is -4.99. The number of ketones is 2. The van der Waals surface area contributed by atoms with E-state index in [1.54, 1.807) is 21.0 Å². The quantitative estimate of drug-likeness (QED) is 0.427. The first-order valence-electron chi connectivity index (χ1n) is 7.64. The molecule has 3 fully saturated rings. The van der Waals surface area contributed by atoms with Crippen molar-refractivity contribution in [3.05, 3.63) is 0 Å². The highest BCUT2D eigenvalue weighted by atomic mass is 16.8. The standard InChI is InChI=1S/C14H22N2O7/c1-5-4-6(17)14(20)13(21-5)22-12-10(19)7(15-2)9(18)8(16-3)11(12)23-14/h5,7-9,11-13,15-16,18,20H,4H2,1-3H3/t5-,7-,8+,9+,11-,12-,13+,14+/m1/s1. The Kier molecular flexibility index (Phi) is 4.30. The van der Waals surface area contributed by atoms with E-state index in [0.717, 1.165) is 0 Å². The second-order valence-corrected chi connectivity index (χ2v) is 6.22. The van der Waals surface area contributed by atoms with Gasteiger partial charge in [-0.2, -0.15) is 0 Å². The third-order valence-electron chi connectivity index (χ3n) is 4.73. The number of hydrogen-bond donors (Lipinski definition) is 4. The number of carbonyl (C=O) groups is 2. The molecule has 0 aromatic rings. The molecular formula is C14H22N2O7. The van der Waals surface area contributed by atoms with Gasteiger partial charge in [0.2, 0.25) is 6.29 Å². The molecule has 0 aromatic heterocycles. The van der Waals surface area contributed by atoms with Crippen LogP contribution < -0.4 is 10.6 Å². The van der Waals surface area contributed by atoms with E-state index in [9.17, 15) is 19.8 Å². The highest BCUT2D eigenvalue weighted by Gasteiger charge is 2.63. The molecule has 23 heavy (non-hydrogen) atoms. The minimum atomic E-state index is -2.27. The van der Waals surface area contributed by atoms with Gasteiger partial charge in [-0.05, 0) is 21.0 Å². The summed E-state index contributed by atoms with van der Waals surface area (Å²) in [7, 11) is 3.15. The number of ether oxygens (including phenoxy) is 3. The topological polar surface area (TPSA) is 126 Å². The number of rotatable bonds is 2. The lowest BCUT2D eigenvalue weighted by Gasteiger charge is -2.53. The third kappa shape index (κ3) is 2.43. The molecule has 0 unspecified atom stereocenters. The van der Waals surface area contributed by atoms with Gasteiger partial charge in [-0.25, -0.2) is 0 Å². The van der Waals surface area contributed by atoms with Crippen LogP contribution in [0.3, 0.4) is 0 Å². The van der Waals surface area contributed by atoms with Crippen molar-refractivity contribution in [2.75, 3.05) is 14.1 Å². The summed E-state index contributed by atoms with van der Waals surface area (Å²) in [5, 5.41) is 26.5. The van der Waals surface area contributed by atoms with Gasteiger partial charge in [0.1, 0.15) is 12.2 Å². The van der Waals surface area contributed by atoms with Crippen molar-refractivity contribution in [3.63, 3.8) is 0 Å². The number of Topliss-reactive ketones (excluding diaryl/α,β-unsaturated/α-hetero) is 2. The molecule has 2 heterocycles. The van der Waals surface area contributed by atoms with Gasteiger partial charge in [0.15, 0.2) is 11.6 Å². The van der Waals surface area contributed by atoms with Crippen LogP contribution in [-0.4, -0.2) is 84.5 Å². The van der Waals surface area contributed by atoms with Gasteiger partial charge in [-0.15, -0.1) is 0 Å². The van der Waals surface area contributed by atoms with Crippen molar-refractivity contribution in [3.8, 4) is 0 Å². The minimum absolute atomic E-state index is 0.0202. The third-order valence-corrected chi connectivity index (χ3v) is 4.73. The molecule has 3 aliphatic rings. The first-order chi connectivity index (χ1) is 10.8. The summed E-state index contributed by atoms with van der Waals surface area (Å²) in [5.74, 6) is -3.24.